The maximum absolute atomic E-state index is 12.0. The third-order valence-electron chi connectivity index (χ3n) is 7.39. The number of piperidine rings is 1. The molecule has 0 aliphatic carbocycles. The van der Waals surface area contributed by atoms with Crippen LogP contribution in [0.5, 0.6) is 0 Å². The molecule has 2 saturated heterocycles. The molecule has 2 fully saturated rings. The van der Waals surface area contributed by atoms with Crippen molar-refractivity contribution in [1.82, 2.24) is 41.0 Å². The minimum Gasteiger partial charge on any atom is -0.355 e. The Morgan fingerprint density at radius 2 is 1.88 bits per heavy atom. The highest BCUT2D eigenvalue weighted by molar-refractivity contribution is 6.43. The number of urea groups is 1. The van der Waals surface area contributed by atoms with Gasteiger partial charge in [-0.3, -0.25) is 20.1 Å². The molecule has 3 N–H and O–H groups in total. The number of benzene rings is 1. The van der Waals surface area contributed by atoms with Gasteiger partial charge in [-0.05, 0) is 38.0 Å². The van der Waals surface area contributed by atoms with Crippen LogP contribution in [0.1, 0.15) is 31.9 Å². The maximum Gasteiger partial charge on any atom is 0.329 e. The lowest BCUT2D eigenvalue weighted by atomic mass is 9.89. The highest BCUT2D eigenvalue weighted by Gasteiger charge is 2.31. The van der Waals surface area contributed by atoms with Crippen LogP contribution in [0.4, 0.5) is 16.4 Å². The zero-order chi connectivity index (χ0) is 27.9. The van der Waals surface area contributed by atoms with E-state index in [1.54, 1.807) is 18.3 Å². The van der Waals surface area contributed by atoms with E-state index in [0.717, 1.165) is 37.4 Å². The lowest BCUT2D eigenvalue weighted by Crippen LogP contribution is -2.51. The third-order valence-corrected chi connectivity index (χ3v) is 8.21. The van der Waals surface area contributed by atoms with Gasteiger partial charge in [0.15, 0.2) is 11.5 Å². The minimum atomic E-state index is -0.474. The van der Waals surface area contributed by atoms with Crippen LogP contribution in [0, 0.1) is 0 Å². The monoisotopic (exact) mass is 580 g/mol. The molecule has 4 aromatic rings. The van der Waals surface area contributed by atoms with E-state index in [1.807, 2.05) is 18.2 Å². The smallest absolute Gasteiger partial charge is 0.329 e. The molecule has 14 heteroatoms. The van der Waals surface area contributed by atoms with E-state index in [4.69, 9.17) is 28.2 Å². The van der Waals surface area contributed by atoms with Crippen molar-refractivity contribution < 1.29 is 9.59 Å². The van der Waals surface area contributed by atoms with Gasteiger partial charge in [-0.15, -0.1) is 5.10 Å². The number of nitrogens with one attached hydrogen (secondary N) is 3. The van der Waals surface area contributed by atoms with Gasteiger partial charge in [0.1, 0.15) is 17.0 Å². The largest absolute Gasteiger partial charge is 0.355 e. The molecule has 0 radical (unpaired) electrons. The van der Waals surface area contributed by atoms with Crippen LogP contribution in [-0.2, 0) is 11.3 Å². The summed E-state index contributed by atoms with van der Waals surface area (Å²) in [5, 5.41) is 22.6. The summed E-state index contributed by atoms with van der Waals surface area (Å²) in [4.78, 5) is 36.5. The molecule has 0 unspecified atom stereocenters. The van der Waals surface area contributed by atoms with Gasteiger partial charge in [0.25, 0.3) is 0 Å². The average Bonchev–Trinajstić information content (AvgIpc) is 3.37. The number of hydrogen-bond donors (Lipinski definition) is 3. The Kier molecular flexibility index (Phi) is 6.99. The summed E-state index contributed by atoms with van der Waals surface area (Å²) in [6.45, 7) is 4.65. The van der Waals surface area contributed by atoms with Gasteiger partial charge < -0.3 is 10.2 Å². The summed E-state index contributed by atoms with van der Waals surface area (Å²) in [6, 6.07) is 8.53. The van der Waals surface area contributed by atoms with Crippen LogP contribution in [0.15, 0.2) is 36.5 Å². The third kappa shape index (κ3) is 5.17. The van der Waals surface area contributed by atoms with Gasteiger partial charge in [0.05, 0.1) is 21.9 Å². The first-order chi connectivity index (χ1) is 19.3. The van der Waals surface area contributed by atoms with E-state index in [1.165, 1.54) is 4.90 Å². The fraction of sp³-hybridized carbons (Fsp3) is 0.346. The zero-order valence-electron chi connectivity index (χ0n) is 21.6. The number of aromatic nitrogens is 6. The summed E-state index contributed by atoms with van der Waals surface area (Å²) in [5.41, 5.74) is 3.22. The minimum absolute atomic E-state index is 0.0913. The summed E-state index contributed by atoms with van der Waals surface area (Å²) < 4.78 is 0. The lowest BCUT2D eigenvalue weighted by Gasteiger charge is -2.40. The molecule has 3 amide bonds. The summed E-state index contributed by atoms with van der Waals surface area (Å²) >= 11 is 12.6. The molecule has 0 atom stereocenters. The maximum atomic E-state index is 12.0. The quantitative estimate of drug-likeness (QED) is 0.310. The molecule has 206 valence electrons. The normalized spacial score (nSPS) is 17.4. The number of rotatable bonds is 6. The van der Waals surface area contributed by atoms with Crippen molar-refractivity contribution in [2.45, 2.75) is 38.3 Å². The van der Waals surface area contributed by atoms with Gasteiger partial charge in [-0.25, -0.2) is 14.8 Å². The molecule has 0 spiro atoms. The average molecular weight is 581 g/mol. The number of carbonyl (C=O) groups is 2. The van der Waals surface area contributed by atoms with Gasteiger partial charge in [-0.2, -0.15) is 10.2 Å². The van der Waals surface area contributed by atoms with Crippen molar-refractivity contribution in [3.8, 4) is 11.3 Å². The number of hydrogen-bond acceptors (Lipinski definition) is 9. The van der Waals surface area contributed by atoms with Crippen LogP contribution in [-0.4, -0.2) is 67.5 Å². The first-order valence-electron chi connectivity index (χ1n) is 12.9. The summed E-state index contributed by atoms with van der Waals surface area (Å²) in [5.74, 6) is 0.926. The fourth-order valence-electron chi connectivity index (χ4n) is 4.90. The standard InChI is InChI=1S/C26H26Cl2N10O2/c1-26(30-13-15-5-6-18(34-33-15)38-10-7-20(39)32-25(38)40)8-11-37(12-9-26)19-14-29-23-22(35-36-24(23)31-19)16-3-2-4-17(27)21(16)28/h2-6,14,30H,7-13H2,1H3,(H,31,35,36)(H,32,39,40). The topological polar surface area (TPSA) is 145 Å². The predicted octanol–water partition coefficient (Wildman–Crippen LogP) is 3.71. The molecular weight excluding hydrogens is 555 g/mol. The summed E-state index contributed by atoms with van der Waals surface area (Å²) in [6.07, 6.45) is 3.80. The van der Waals surface area contributed by atoms with Crippen LogP contribution in [0.3, 0.4) is 0 Å². The van der Waals surface area contributed by atoms with Crippen molar-refractivity contribution in [3.05, 3.63) is 52.3 Å². The molecule has 2 aliphatic rings. The van der Waals surface area contributed by atoms with Crippen LogP contribution in [0.25, 0.3) is 22.4 Å². The first kappa shape index (κ1) is 26.4. The second kappa shape index (κ2) is 10.6. The first-order valence-corrected chi connectivity index (χ1v) is 13.6. The Hall–Kier alpha value is -3.87. The fourth-order valence-corrected chi connectivity index (χ4v) is 5.29. The van der Waals surface area contributed by atoms with Crippen molar-refractivity contribution in [3.63, 3.8) is 0 Å². The Labute approximate surface area is 239 Å². The number of aromatic amines is 1. The summed E-state index contributed by atoms with van der Waals surface area (Å²) in [7, 11) is 0. The number of halogens is 2. The SMILES string of the molecule is CC1(NCc2ccc(N3CCC(=O)NC3=O)nn2)CCN(c2cnc3c(-c4cccc(Cl)c4Cl)n[nH]c3n2)CC1. The highest BCUT2D eigenvalue weighted by atomic mass is 35.5. The lowest BCUT2D eigenvalue weighted by molar-refractivity contribution is -0.120. The van der Waals surface area contributed by atoms with Crippen LogP contribution >= 0.6 is 23.2 Å². The van der Waals surface area contributed by atoms with E-state index in [9.17, 15) is 9.59 Å². The molecule has 2 aliphatic heterocycles. The van der Waals surface area contributed by atoms with E-state index in [2.05, 4.69) is 47.8 Å². The van der Waals surface area contributed by atoms with Gasteiger partial charge in [0.2, 0.25) is 5.91 Å². The van der Waals surface area contributed by atoms with E-state index >= 15 is 0 Å². The number of carbonyl (C=O) groups excluding carboxylic acids is 2. The van der Waals surface area contributed by atoms with Crippen molar-refractivity contribution >= 4 is 57.9 Å². The molecule has 6 rings (SSSR count). The number of imide groups is 1. The van der Waals surface area contributed by atoms with Crippen molar-refractivity contribution in [1.29, 1.82) is 0 Å². The molecule has 0 saturated carbocycles. The zero-order valence-corrected chi connectivity index (χ0v) is 23.1. The van der Waals surface area contributed by atoms with E-state index < -0.39 is 6.03 Å². The Balaban J connectivity index is 1.07. The van der Waals surface area contributed by atoms with E-state index in [0.29, 0.717) is 51.4 Å². The number of nitrogens with zero attached hydrogens (tertiary/aromatic N) is 7. The Morgan fingerprint density at radius 3 is 2.62 bits per heavy atom. The molecule has 1 aromatic carbocycles. The number of anilines is 2. The van der Waals surface area contributed by atoms with Crippen molar-refractivity contribution in [2.75, 3.05) is 29.4 Å². The number of H-pyrrole nitrogens is 1. The Morgan fingerprint density at radius 1 is 1.05 bits per heavy atom. The van der Waals surface area contributed by atoms with Crippen molar-refractivity contribution in [2.24, 2.45) is 0 Å². The molecular formula is C26H26Cl2N10O2. The molecule has 3 aromatic heterocycles. The number of amides is 3. The highest BCUT2D eigenvalue weighted by Crippen LogP contribution is 2.35. The molecule has 12 nitrogen and oxygen atoms in total. The van der Waals surface area contributed by atoms with Gasteiger partial charge in [-0.1, -0.05) is 35.3 Å². The van der Waals surface area contributed by atoms with E-state index in [-0.39, 0.29) is 17.9 Å². The van der Waals surface area contributed by atoms with Crippen LogP contribution < -0.4 is 20.4 Å². The molecule has 40 heavy (non-hydrogen) atoms. The number of fused-ring (bicyclic) bond motifs is 1. The molecule has 5 heterocycles. The molecule has 0 bridgehead atoms. The van der Waals surface area contributed by atoms with Gasteiger partial charge in [0, 0.05) is 43.7 Å². The second-order valence-corrected chi connectivity index (χ2v) is 10.9. The van der Waals surface area contributed by atoms with Crippen LogP contribution in [0.2, 0.25) is 10.0 Å². The second-order valence-electron chi connectivity index (χ2n) is 10.1. The van der Waals surface area contributed by atoms with Gasteiger partial charge >= 0.3 is 6.03 Å². The Bertz CT molecular complexity index is 1580. The predicted molar refractivity (Wildman–Crippen MR) is 151 cm³/mol.